The number of hydrogen-bond donors (Lipinski definition) is 1. The van der Waals surface area contributed by atoms with Gasteiger partial charge in [-0.25, -0.2) is 4.90 Å². The minimum absolute atomic E-state index is 0.0280. The van der Waals surface area contributed by atoms with Crippen LogP contribution in [0.4, 0.5) is 22.7 Å². The van der Waals surface area contributed by atoms with E-state index < -0.39 is 78.3 Å². The highest BCUT2D eigenvalue weighted by atomic mass is 35.5. The van der Waals surface area contributed by atoms with Gasteiger partial charge >= 0.3 is 11.4 Å². The van der Waals surface area contributed by atoms with Gasteiger partial charge in [0.25, 0.3) is 11.8 Å². The zero-order valence-corrected chi connectivity index (χ0v) is 27.6. The monoisotopic (exact) mass is 707 g/mol. The van der Waals surface area contributed by atoms with Gasteiger partial charge in [0, 0.05) is 44.8 Å². The van der Waals surface area contributed by atoms with Crippen molar-refractivity contribution in [2.45, 2.75) is 28.5 Å². The van der Waals surface area contributed by atoms with Crippen molar-refractivity contribution in [1.29, 1.82) is 0 Å². The molecule has 49 heavy (non-hydrogen) atoms. The fourth-order valence-electron chi connectivity index (χ4n) is 8.36. The summed E-state index contributed by atoms with van der Waals surface area (Å²) in [6.07, 6.45) is 1.33. The molecule has 7 rings (SSSR count). The van der Waals surface area contributed by atoms with Crippen LogP contribution in [-0.4, -0.2) is 74.4 Å². The van der Waals surface area contributed by atoms with E-state index in [-0.39, 0.29) is 35.5 Å². The van der Waals surface area contributed by atoms with Gasteiger partial charge in [-0.15, -0.1) is 23.2 Å². The highest BCUT2D eigenvalue weighted by molar-refractivity contribution is 6.53. The number of phenolic OH excluding ortho intramolecular Hbond substituents is 1. The molecule has 4 aliphatic rings. The van der Waals surface area contributed by atoms with Crippen molar-refractivity contribution >= 4 is 80.4 Å². The average molecular weight is 709 g/mol. The third kappa shape index (κ3) is 4.13. The number of allylic oxidation sites excluding steroid dienone is 2. The maximum absolute atomic E-state index is 14.4. The summed E-state index contributed by atoms with van der Waals surface area (Å²) in [6.45, 7) is 0. The van der Waals surface area contributed by atoms with Gasteiger partial charge in [-0.2, -0.15) is 0 Å². The maximum atomic E-state index is 14.4. The maximum Gasteiger partial charge on any atom is 0.301 e. The fourth-order valence-corrected chi connectivity index (χ4v) is 9.36. The van der Waals surface area contributed by atoms with Gasteiger partial charge in [0.05, 0.1) is 27.4 Å². The Morgan fingerprint density at radius 2 is 1.55 bits per heavy atom. The number of benzene rings is 3. The van der Waals surface area contributed by atoms with E-state index in [1.54, 1.807) is 36.4 Å². The molecule has 4 amide bonds. The number of imide groups is 2. The van der Waals surface area contributed by atoms with E-state index in [1.165, 1.54) is 32.1 Å². The van der Waals surface area contributed by atoms with Gasteiger partial charge < -0.3 is 10.0 Å². The third-order valence-electron chi connectivity index (χ3n) is 10.4. The predicted octanol–water partition coefficient (Wildman–Crippen LogP) is 4.62. The number of anilines is 2. The Labute approximate surface area is 287 Å². The summed E-state index contributed by atoms with van der Waals surface area (Å²) in [5.41, 5.74) is -1.38. The Morgan fingerprint density at radius 1 is 0.918 bits per heavy atom. The smallest absolute Gasteiger partial charge is 0.301 e. The van der Waals surface area contributed by atoms with E-state index in [1.807, 2.05) is 0 Å². The van der Waals surface area contributed by atoms with Crippen LogP contribution in [0.2, 0.25) is 0 Å². The number of halogens is 2. The van der Waals surface area contributed by atoms with Gasteiger partial charge in [-0.05, 0) is 35.6 Å². The Hall–Kier alpha value is -5.08. The summed E-state index contributed by atoms with van der Waals surface area (Å²) in [7, 11) is 4.03. The predicted molar refractivity (Wildman–Crippen MR) is 178 cm³/mol. The standard InChI is InChI=1S/C33H27Cl2N5O9/c1-36(2)27-21(39(46)47)12-16(13-22(27)40(48)49)38-28(42)19-10-9-18-20(24(19)29(38)43)14-32(34)30(44)37(3)31(45)33(32,35)26(18)25-17-7-5-4-6-15(17)8-11-23(25)41/h4-9,11-13,19-20,24,26,41H,10,14H2,1-3H3/t19-,20+,24-,26+,32+,33-/m0/s1. The van der Waals surface area contributed by atoms with E-state index in [9.17, 15) is 44.5 Å². The van der Waals surface area contributed by atoms with Crippen molar-refractivity contribution in [3.63, 3.8) is 0 Å². The number of carbonyl (C=O) groups excluding carboxylic acids is 4. The first kappa shape index (κ1) is 32.5. The number of rotatable bonds is 5. The molecule has 3 fully saturated rings. The van der Waals surface area contributed by atoms with Crippen LogP contribution in [0.15, 0.2) is 60.2 Å². The normalized spacial score (nSPS) is 29.1. The summed E-state index contributed by atoms with van der Waals surface area (Å²) >= 11 is 14.5. The van der Waals surface area contributed by atoms with E-state index in [2.05, 4.69) is 0 Å². The molecule has 0 aromatic heterocycles. The van der Waals surface area contributed by atoms with Crippen molar-refractivity contribution in [3.8, 4) is 5.75 Å². The molecule has 16 heteroatoms. The second-order valence-electron chi connectivity index (χ2n) is 13.0. The van der Waals surface area contributed by atoms with Crippen molar-refractivity contribution in [2.24, 2.45) is 17.8 Å². The van der Waals surface area contributed by atoms with E-state index >= 15 is 0 Å². The molecule has 0 spiro atoms. The number of nitro benzene ring substituents is 2. The lowest BCUT2D eigenvalue weighted by molar-refractivity contribution is -0.392. The van der Waals surface area contributed by atoms with Gasteiger partial charge in [0.1, 0.15) is 5.75 Å². The molecule has 6 atom stereocenters. The highest BCUT2D eigenvalue weighted by Gasteiger charge is 2.76. The fraction of sp³-hybridized carbons (Fsp3) is 0.333. The van der Waals surface area contributed by atoms with E-state index in [4.69, 9.17) is 23.2 Å². The van der Waals surface area contributed by atoms with Crippen LogP contribution in [0.5, 0.6) is 5.75 Å². The van der Waals surface area contributed by atoms with E-state index in [0.717, 1.165) is 17.0 Å². The molecule has 252 valence electrons. The van der Waals surface area contributed by atoms with Gasteiger partial charge in [-0.1, -0.05) is 42.0 Å². The van der Waals surface area contributed by atoms with Crippen LogP contribution in [0, 0.1) is 38.0 Å². The van der Waals surface area contributed by atoms with Crippen molar-refractivity contribution in [3.05, 3.63) is 86.0 Å². The van der Waals surface area contributed by atoms with Crippen LogP contribution >= 0.6 is 23.2 Å². The minimum atomic E-state index is -2.13. The third-order valence-corrected chi connectivity index (χ3v) is 11.8. The number of carbonyl (C=O) groups is 4. The molecule has 2 saturated heterocycles. The Morgan fingerprint density at radius 3 is 2.16 bits per heavy atom. The molecular formula is C33H27Cl2N5O9. The Bertz CT molecular complexity index is 2090. The number of amides is 4. The quantitative estimate of drug-likeness (QED) is 0.129. The molecule has 2 aliphatic heterocycles. The van der Waals surface area contributed by atoms with Crippen molar-refractivity contribution < 1.29 is 34.1 Å². The van der Waals surface area contributed by atoms with Crippen LogP contribution in [0.1, 0.15) is 24.3 Å². The average Bonchev–Trinajstić information content (AvgIpc) is 3.39. The first-order valence-corrected chi connectivity index (χ1v) is 15.9. The van der Waals surface area contributed by atoms with Crippen molar-refractivity contribution in [2.75, 3.05) is 30.9 Å². The lowest BCUT2D eigenvalue weighted by Gasteiger charge is -2.51. The van der Waals surface area contributed by atoms with Crippen LogP contribution in [0.3, 0.4) is 0 Å². The summed E-state index contributed by atoms with van der Waals surface area (Å²) in [4.78, 5) is 77.2. The van der Waals surface area contributed by atoms with Gasteiger partial charge in [0.15, 0.2) is 15.4 Å². The molecule has 2 heterocycles. The van der Waals surface area contributed by atoms with Crippen LogP contribution in [-0.2, 0) is 19.2 Å². The number of fused-ring (bicyclic) bond motifs is 5. The molecule has 3 aromatic rings. The zero-order chi connectivity index (χ0) is 35.5. The second kappa shape index (κ2) is 10.7. The Balaban J connectivity index is 1.42. The molecule has 0 unspecified atom stereocenters. The first-order chi connectivity index (χ1) is 23.1. The number of likely N-dealkylation sites (tertiary alicyclic amines) is 1. The highest BCUT2D eigenvalue weighted by Crippen LogP contribution is 2.66. The molecule has 14 nitrogen and oxygen atoms in total. The molecule has 2 aliphatic carbocycles. The largest absolute Gasteiger partial charge is 0.508 e. The van der Waals surface area contributed by atoms with Gasteiger partial charge in [0.2, 0.25) is 11.8 Å². The summed E-state index contributed by atoms with van der Waals surface area (Å²) in [5.74, 6) is -7.75. The second-order valence-corrected chi connectivity index (χ2v) is 14.2. The summed E-state index contributed by atoms with van der Waals surface area (Å²) < 4.78 is 0. The lowest BCUT2D eigenvalue weighted by Crippen LogP contribution is -2.60. The molecule has 1 N–H and O–H groups in total. The minimum Gasteiger partial charge on any atom is -0.508 e. The van der Waals surface area contributed by atoms with E-state index in [0.29, 0.717) is 21.2 Å². The zero-order valence-electron chi connectivity index (χ0n) is 26.1. The van der Waals surface area contributed by atoms with Crippen LogP contribution < -0.4 is 9.80 Å². The number of phenols is 1. The number of hydrogen-bond acceptors (Lipinski definition) is 10. The topological polar surface area (TPSA) is 185 Å². The SMILES string of the molecule is CN1C(=O)[C@]2(Cl)C[C@@H]3C(=CC[C@@H]4C(=O)N(c5cc([N+](=O)[O-])c(N(C)C)c([N+](=O)[O-])c5)C(=O)[C@@H]43)[C@H](c3c(O)ccc4ccccc34)[C@]2(Cl)C1=O. The summed E-state index contributed by atoms with van der Waals surface area (Å²) in [6, 6.07) is 12.1. The molecule has 0 bridgehead atoms. The lowest BCUT2D eigenvalue weighted by atomic mass is 9.56. The molecule has 1 saturated carbocycles. The number of nitrogens with zero attached hydrogens (tertiary/aromatic N) is 5. The number of nitro groups is 2. The van der Waals surface area contributed by atoms with Crippen molar-refractivity contribution in [1.82, 2.24) is 4.90 Å². The number of alkyl halides is 2. The number of aromatic hydroxyl groups is 1. The molecule has 3 aromatic carbocycles. The Kier molecular flexibility index (Phi) is 7.10. The summed E-state index contributed by atoms with van der Waals surface area (Å²) in [5, 5.41) is 36.7. The molecule has 0 radical (unpaired) electrons. The van der Waals surface area contributed by atoms with Crippen LogP contribution in [0.25, 0.3) is 10.8 Å². The molecular weight excluding hydrogens is 681 g/mol. The van der Waals surface area contributed by atoms with Gasteiger partial charge in [-0.3, -0.25) is 44.3 Å². The first-order valence-electron chi connectivity index (χ1n) is 15.2.